The van der Waals surface area contributed by atoms with Crippen LogP contribution >= 0.6 is 22.9 Å². The van der Waals surface area contributed by atoms with E-state index in [1.165, 1.54) is 6.92 Å². The maximum Gasteiger partial charge on any atom is 0.270 e. The summed E-state index contributed by atoms with van der Waals surface area (Å²) in [6, 6.07) is -0.291. The first-order chi connectivity index (χ1) is 8.35. The Labute approximate surface area is 114 Å². The summed E-state index contributed by atoms with van der Waals surface area (Å²) in [6.07, 6.45) is 0.512. The van der Waals surface area contributed by atoms with Crippen LogP contribution in [0.3, 0.4) is 0 Å². The number of rotatable bonds is 6. The molecule has 2 N–H and O–H groups in total. The molecule has 0 spiro atoms. The fourth-order valence-corrected chi connectivity index (χ4v) is 3.62. The van der Waals surface area contributed by atoms with Crippen molar-refractivity contribution in [1.29, 1.82) is 0 Å². The molecular formula is C8H13ClN4O3S2. The second-order valence-corrected chi connectivity index (χ2v) is 6.80. The maximum atomic E-state index is 11.9. The lowest BCUT2D eigenvalue weighted by molar-refractivity contribution is -0.114. The Balaban J connectivity index is 2.79. The first-order valence-electron chi connectivity index (χ1n) is 5.04. The third-order valence-electron chi connectivity index (χ3n) is 1.82. The molecule has 1 unspecified atom stereocenters. The van der Waals surface area contributed by atoms with E-state index in [9.17, 15) is 13.2 Å². The smallest absolute Gasteiger partial charge is 0.270 e. The zero-order valence-electron chi connectivity index (χ0n) is 9.81. The molecule has 10 heteroatoms. The molecule has 18 heavy (non-hydrogen) atoms. The van der Waals surface area contributed by atoms with Gasteiger partial charge in [-0.1, -0.05) is 11.3 Å². The van der Waals surface area contributed by atoms with Crippen LogP contribution in [0.5, 0.6) is 0 Å². The Hall–Kier alpha value is -0.770. The number of hydrogen-bond donors (Lipinski definition) is 2. The highest BCUT2D eigenvalue weighted by Crippen LogP contribution is 2.20. The zero-order valence-corrected chi connectivity index (χ0v) is 12.2. The summed E-state index contributed by atoms with van der Waals surface area (Å²) in [7, 11) is -3.71. The molecule has 1 amide bonds. The molecule has 0 aliphatic carbocycles. The van der Waals surface area contributed by atoms with Crippen molar-refractivity contribution in [2.24, 2.45) is 0 Å². The van der Waals surface area contributed by atoms with Crippen LogP contribution in [0.25, 0.3) is 0 Å². The number of aromatic nitrogens is 2. The van der Waals surface area contributed by atoms with Crippen LogP contribution in [0.2, 0.25) is 0 Å². The number of nitrogens with zero attached hydrogens (tertiary/aromatic N) is 2. The third-order valence-corrected chi connectivity index (χ3v) is 4.83. The zero-order chi connectivity index (χ0) is 13.8. The molecule has 0 fully saturated rings. The Morgan fingerprint density at radius 2 is 2.17 bits per heavy atom. The summed E-state index contributed by atoms with van der Waals surface area (Å²) < 4.78 is 26.0. The number of carbonyl (C=O) groups excluding carboxylic acids is 1. The summed E-state index contributed by atoms with van der Waals surface area (Å²) in [5.41, 5.74) is 0. The number of sulfonamides is 1. The number of halogens is 1. The maximum absolute atomic E-state index is 11.9. The Morgan fingerprint density at radius 1 is 1.50 bits per heavy atom. The Kier molecular flexibility index (Phi) is 5.45. The average molecular weight is 313 g/mol. The molecule has 1 rings (SSSR count). The van der Waals surface area contributed by atoms with Crippen LogP contribution in [0.4, 0.5) is 5.13 Å². The van der Waals surface area contributed by atoms with Crippen LogP contribution in [-0.2, 0) is 14.8 Å². The fourth-order valence-electron chi connectivity index (χ4n) is 1.06. The van der Waals surface area contributed by atoms with Gasteiger partial charge < -0.3 is 5.32 Å². The van der Waals surface area contributed by atoms with Crippen LogP contribution in [0, 0.1) is 0 Å². The second-order valence-electron chi connectivity index (χ2n) is 3.55. The van der Waals surface area contributed by atoms with Gasteiger partial charge in [0.25, 0.3) is 10.0 Å². The summed E-state index contributed by atoms with van der Waals surface area (Å²) in [5.74, 6) is 0.0234. The van der Waals surface area contributed by atoms with Gasteiger partial charge in [0.2, 0.25) is 15.4 Å². The molecule has 0 radical (unpaired) electrons. The predicted octanol–water partition coefficient (Wildman–Crippen LogP) is 0.792. The summed E-state index contributed by atoms with van der Waals surface area (Å²) in [6.45, 7) is 3.01. The van der Waals surface area contributed by atoms with E-state index in [0.29, 0.717) is 12.3 Å². The minimum atomic E-state index is -3.71. The normalized spacial score (nSPS) is 13.3. The first-order valence-corrected chi connectivity index (χ1v) is 7.88. The largest absolute Gasteiger partial charge is 0.301 e. The number of hydrogen-bond acceptors (Lipinski definition) is 6. The van der Waals surface area contributed by atoms with E-state index in [1.54, 1.807) is 6.92 Å². The van der Waals surface area contributed by atoms with Crippen molar-refractivity contribution in [1.82, 2.24) is 14.9 Å². The van der Waals surface area contributed by atoms with E-state index in [2.05, 4.69) is 20.2 Å². The minimum absolute atomic E-state index is 0.146. The SMILES string of the molecule is CC(=O)Nc1nnc(S(=O)(=O)NC(C)CCCl)s1. The van der Waals surface area contributed by atoms with Crippen LogP contribution in [0.1, 0.15) is 20.3 Å². The molecule has 0 aliphatic heterocycles. The van der Waals surface area contributed by atoms with Gasteiger partial charge in [-0.05, 0) is 13.3 Å². The van der Waals surface area contributed by atoms with Crippen molar-refractivity contribution in [3.63, 3.8) is 0 Å². The topological polar surface area (TPSA) is 101 Å². The summed E-state index contributed by atoms with van der Waals surface area (Å²) in [5, 5.41) is 9.61. The molecule has 0 bridgehead atoms. The van der Waals surface area contributed by atoms with Gasteiger partial charge in [-0.3, -0.25) is 4.79 Å². The molecule has 7 nitrogen and oxygen atoms in total. The van der Waals surface area contributed by atoms with Crippen molar-refractivity contribution < 1.29 is 13.2 Å². The number of alkyl halides is 1. The molecule has 1 aromatic rings. The van der Waals surface area contributed by atoms with Gasteiger partial charge in [0.1, 0.15) is 0 Å². The highest BCUT2D eigenvalue weighted by atomic mass is 35.5. The van der Waals surface area contributed by atoms with Gasteiger partial charge in [0.15, 0.2) is 0 Å². The lowest BCUT2D eigenvalue weighted by Crippen LogP contribution is -2.32. The van der Waals surface area contributed by atoms with Crippen molar-refractivity contribution in [3.8, 4) is 0 Å². The minimum Gasteiger partial charge on any atom is -0.301 e. The highest BCUT2D eigenvalue weighted by molar-refractivity contribution is 7.91. The number of carbonyl (C=O) groups is 1. The quantitative estimate of drug-likeness (QED) is 0.597. The van der Waals surface area contributed by atoms with Crippen molar-refractivity contribution in [3.05, 3.63) is 0 Å². The summed E-state index contributed by atoms with van der Waals surface area (Å²) >= 11 is 6.32. The molecule has 1 aromatic heterocycles. The molecule has 0 saturated heterocycles. The van der Waals surface area contributed by atoms with Gasteiger partial charge in [-0.15, -0.1) is 21.8 Å². The average Bonchev–Trinajstić information content (AvgIpc) is 2.65. The number of anilines is 1. The van der Waals surface area contributed by atoms with Crippen molar-refractivity contribution in [2.75, 3.05) is 11.2 Å². The van der Waals surface area contributed by atoms with E-state index >= 15 is 0 Å². The Bertz CT molecular complexity index is 516. The number of amides is 1. The molecule has 0 saturated carbocycles. The van der Waals surface area contributed by atoms with Gasteiger partial charge in [0.05, 0.1) is 0 Å². The molecule has 102 valence electrons. The van der Waals surface area contributed by atoms with Crippen LogP contribution in [0.15, 0.2) is 4.34 Å². The molecule has 0 aliphatic rings. The number of nitrogens with one attached hydrogen (secondary N) is 2. The van der Waals surface area contributed by atoms with Gasteiger partial charge in [0, 0.05) is 18.8 Å². The molecule has 0 aromatic carbocycles. The van der Waals surface area contributed by atoms with Crippen molar-refractivity contribution >= 4 is 44.0 Å². The van der Waals surface area contributed by atoms with E-state index in [0.717, 1.165) is 11.3 Å². The fraction of sp³-hybridized carbons (Fsp3) is 0.625. The second kappa shape index (κ2) is 6.41. The molecule has 1 heterocycles. The van der Waals surface area contributed by atoms with E-state index in [4.69, 9.17) is 11.6 Å². The standard InChI is InChI=1S/C8H13ClN4O3S2/c1-5(3-4-9)13-18(15,16)8-12-11-7(17-8)10-6(2)14/h5,13H,3-4H2,1-2H3,(H,10,11,14). The first kappa shape index (κ1) is 15.3. The summed E-state index contributed by atoms with van der Waals surface area (Å²) in [4.78, 5) is 10.8. The highest BCUT2D eigenvalue weighted by Gasteiger charge is 2.22. The Morgan fingerprint density at radius 3 is 2.72 bits per heavy atom. The predicted molar refractivity (Wildman–Crippen MR) is 69.3 cm³/mol. The van der Waals surface area contributed by atoms with Gasteiger partial charge in [-0.2, -0.15) is 0 Å². The lowest BCUT2D eigenvalue weighted by Gasteiger charge is -2.10. The van der Waals surface area contributed by atoms with E-state index in [-0.39, 0.29) is 21.4 Å². The van der Waals surface area contributed by atoms with Crippen molar-refractivity contribution in [2.45, 2.75) is 30.6 Å². The van der Waals surface area contributed by atoms with E-state index in [1.807, 2.05) is 0 Å². The monoisotopic (exact) mass is 312 g/mol. The van der Waals surface area contributed by atoms with Gasteiger partial charge in [-0.25, -0.2) is 13.1 Å². The molecular weight excluding hydrogens is 300 g/mol. The van der Waals surface area contributed by atoms with Crippen LogP contribution < -0.4 is 10.0 Å². The van der Waals surface area contributed by atoms with Gasteiger partial charge >= 0.3 is 0 Å². The third kappa shape index (κ3) is 4.48. The van der Waals surface area contributed by atoms with E-state index < -0.39 is 10.0 Å². The lowest BCUT2D eigenvalue weighted by atomic mass is 10.3. The molecule has 1 atom stereocenters. The van der Waals surface area contributed by atoms with Crippen LogP contribution in [-0.4, -0.2) is 36.4 Å².